The molecule has 1 aliphatic heterocycles. The smallest absolute Gasteiger partial charge is 0.216 e. The van der Waals surface area contributed by atoms with Gasteiger partial charge in [0.15, 0.2) is 0 Å². The van der Waals surface area contributed by atoms with Crippen LogP contribution in [0, 0.1) is 13.8 Å². The van der Waals surface area contributed by atoms with E-state index in [4.69, 9.17) is 9.73 Å². The third-order valence-electron chi connectivity index (χ3n) is 9.75. The molecule has 0 fully saturated rings. The highest BCUT2D eigenvalue weighted by Crippen LogP contribution is 2.64. The van der Waals surface area contributed by atoms with Crippen LogP contribution >= 0.6 is 7.92 Å². The quantitative estimate of drug-likeness (QED) is 0.228. The van der Waals surface area contributed by atoms with Crippen molar-refractivity contribution in [3.05, 3.63) is 124 Å². The average Bonchev–Trinajstić information content (AvgIpc) is 3.54. The lowest BCUT2D eigenvalue weighted by molar-refractivity contribution is 0.322. The molecule has 0 saturated heterocycles. The zero-order valence-corrected chi connectivity index (χ0v) is 27.0. The summed E-state index contributed by atoms with van der Waals surface area (Å²) in [6.45, 7) is 17.2. The second kappa shape index (κ2) is 9.65. The summed E-state index contributed by atoms with van der Waals surface area (Å²) in [5.74, 6) is 0.841. The number of hydrogen-bond acceptors (Lipinski definition) is 2. The second-order valence-corrected chi connectivity index (χ2v) is 16.4. The van der Waals surface area contributed by atoms with E-state index in [2.05, 4.69) is 133 Å². The molecule has 1 spiro atoms. The van der Waals surface area contributed by atoms with Crippen molar-refractivity contribution in [2.24, 2.45) is 4.99 Å². The number of rotatable bonds is 4. The molecule has 1 heterocycles. The summed E-state index contributed by atoms with van der Waals surface area (Å²) in [4.78, 5) is 5.04. The van der Waals surface area contributed by atoms with Gasteiger partial charge in [0.25, 0.3) is 0 Å². The van der Waals surface area contributed by atoms with Crippen molar-refractivity contribution in [1.82, 2.24) is 0 Å². The first kappa shape index (κ1) is 27.6. The minimum Gasteiger partial charge on any atom is -0.475 e. The molecule has 7 rings (SSSR count). The predicted molar refractivity (Wildman–Crippen MR) is 179 cm³/mol. The maximum absolute atomic E-state index is 6.33. The monoisotopic (exact) mass is 571 g/mol. The first-order valence-corrected chi connectivity index (χ1v) is 16.8. The summed E-state index contributed by atoms with van der Waals surface area (Å²) in [6, 6.07) is 32.5. The highest BCUT2D eigenvalue weighted by atomic mass is 31.1. The fraction of sp³-hybridized carbons (Fsp3) is 0.359. The van der Waals surface area contributed by atoms with Gasteiger partial charge in [0.2, 0.25) is 5.90 Å². The Hall–Kier alpha value is -3.22. The summed E-state index contributed by atoms with van der Waals surface area (Å²) >= 11 is 0. The molecule has 42 heavy (non-hydrogen) atoms. The molecule has 0 N–H and O–H groups in total. The molecular formula is C39H42NOP. The number of hydrogen-bond donors (Lipinski definition) is 0. The van der Waals surface area contributed by atoms with Crippen molar-refractivity contribution in [1.29, 1.82) is 0 Å². The van der Waals surface area contributed by atoms with Crippen LogP contribution in [0.15, 0.2) is 89.9 Å². The van der Waals surface area contributed by atoms with E-state index in [-0.39, 0.29) is 22.3 Å². The largest absolute Gasteiger partial charge is 0.475 e. The predicted octanol–water partition coefficient (Wildman–Crippen LogP) is 7.88. The highest BCUT2D eigenvalue weighted by Gasteiger charge is 2.59. The molecule has 214 valence electrons. The van der Waals surface area contributed by atoms with Crippen molar-refractivity contribution in [3.8, 4) is 0 Å². The van der Waals surface area contributed by atoms with Gasteiger partial charge >= 0.3 is 0 Å². The zero-order chi connectivity index (χ0) is 29.4. The van der Waals surface area contributed by atoms with E-state index in [0.717, 1.165) is 18.7 Å². The normalized spacial score (nSPS) is 23.1. The first-order chi connectivity index (χ1) is 20.0. The molecule has 0 bridgehead atoms. The lowest BCUT2D eigenvalue weighted by atomic mass is 9.71. The molecule has 3 heteroatoms. The van der Waals surface area contributed by atoms with Crippen molar-refractivity contribution >= 4 is 29.7 Å². The summed E-state index contributed by atoms with van der Waals surface area (Å²) in [5.41, 5.74) is 9.85. The van der Waals surface area contributed by atoms with Gasteiger partial charge in [-0.1, -0.05) is 118 Å². The van der Waals surface area contributed by atoms with Crippen molar-refractivity contribution in [2.45, 2.75) is 83.6 Å². The Morgan fingerprint density at radius 2 is 1.24 bits per heavy atom. The molecule has 0 saturated carbocycles. The molecule has 2 nitrogen and oxygen atoms in total. The number of benzene rings is 4. The maximum atomic E-state index is 6.33. The number of nitrogens with zero attached hydrogens (tertiary/aromatic N) is 1. The fourth-order valence-electron chi connectivity index (χ4n) is 8.43. The highest BCUT2D eigenvalue weighted by molar-refractivity contribution is 7.80. The minimum atomic E-state index is -0.763. The topological polar surface area (TPSA) is 21.6 Å². The fourth-order valence-corrected chi connectivity index (χ4v) is 11.1. The van der Waals surface area contributed by atoms with E-state index in [1.165, 1.54) is 49.3 Å². The van der Waals surface area contributed by atoms with E-state index in [9.17, 15) is 0 Å². The third kappa shape index (κ3) is 4.21. The van der Waals surface area contributed by atoms with Crippen LogP contribution in [0.3, 0.4) is 0 Å². The van der Waals surface area contributed by atoms with Gasteiger partial charge in [0.05, 0.1) is 6.04 Å². The number of aliphatic imine (C=N–C) groups is 1. The van der Waals surface area contributed by atoms with Gasteiger partial charge in [-0.3, -0.25) is 0 Å². The molecule has 0 unspecified atom stereocenters. The molecule has 2 atom stereocenters. The minimum absolute atomic E-state index is 0.0307. The van der Waals surface area contributed by atoms with Gasteiger partial charge in [-0.15, -0.1) is 0 Å². The Morgan fingerprint density at radius 3 is 1.76 bits per heavy atom. The summed E-state index contributed by atoms with van der Waals surface area (Å²) in [7, 11) is -0.763. The maximum Gasteiger partial charge on any atom is 0.216 e. The average molecular weight is 572 g/mol. The van der Waals surface area contributed by atoms with Crippen LogP contribution in [0.2, 0.25) is 0 Å². The van der Waals surface area contributed by atoms with Crippen LogP contribution in [0.4, 0.5) is 0 Å². The van der Waals surface area contributed by atoms with E-state index >= 15 is 0 Å². The van der Waals surface area contributed by atoms with Gasteiger partial charge in [0, 0.05) is 11.0 Å². The Labute approximate surface area is 253 Å². The van der Waals surface area contributed by atoms with Crippen LogP contribution in [-0.4, -0.2) is 18.5 Å². The first-order valence-electron chi connectivity index (χ1n) is 15.4. The van der Waals surface area contributed by atoms with Gasteiger partial charge in [0.1, 0.15) is 6.61 Å². The zero-order valence-electron chi connectivity index (χ0n) is 26.1. The number of aryl methyl sites for hydroxylation is 2. The molecule has 0 amide bonds. The van der Waals surface area contributed by atoms with Gasteiger partial charge in [-0.25, -0.2) is 4.99 Å². The summed E-state index contributed by atoms with van der Waals surface area (Å²) < 4.78 is 6.33. The Morgan fingerprint density at radius 1 is 0.714 bits per heavy atom. The second-order valence-electron chi connectivity index (χ2n) is 14.2. The van der Waals surface area contributed by atoms with Crippen LogP contribution in [0.5, 0.6) is 0 Å². The van der Waals surface area contributed by atoms with Crippen LogP contribution in [0.1, 0.15) is 86.4 Å². The number of ether oxygens (including phenoxy) is 1. The van der Waals surface area contributed by atoms with E-state index in [1.807, 2.05) is 0 Å². The Bertz CT molecular complexity index is 1680. The van der Waals surface area contributed by atoms with E-state index < -0.39 is 7.92 Å². The van der Waals surface area contributed by atoms with Crippen molar-refractivity contribution in [3.63, 3.8) is 0 Å². The van der Waals surface area contributed by atoms with E-state index in [1.54, 1.807) is 5.56 Å². The van der Waals surface area contributed by atoms with E-state index in [0.29, 0.717) is 6.61 Å². The Kier molecular flexibility index (Phi) is 6.34. The third-order valence-corrected chi connectivity index (χ3v) is 12.2. The molecular weight excluding hydrogens is 529 g/mol. The molecule has 0 aromatic heterocycles. The molecule has 4 aromatic carbocycles. The lowest BCUT2D eigenvalue weighted by Gasteiger charge is -2.34. The Balaban J connectivity index is 1.59. The van der Waals surface area contributed by atoms with Gasteiger partial charge < -0.3 is 4.74 Å². The standard InChI is InChI=1S/C39H42NOP/c1-25-18-30(36-40-27(3)22-41-36)34-31(19-25)37(4,5)23-39(34)24-38(6,7)32-20-26(2)21-33(35(32)39)42(28-14-10-8-11-15-28)29-16-12-9-13-17-29/h8-21,27H,22-24H2,1-7H3/t27-,39-/m0/s1. The van der Waals surface area contributed by atoms with Crippen molar-refractivity contribution < 1.29 is 4.74 Å². The lowest BCUT2D eigenvalue weighted by Crippen LogP contribution is -2.34. The molecule has 3 aliphatic rings. The molecule has 4 aromatic rings. The van der Waals surface area contributed by atoms with Gasteiger partial charge in [-0.05, 0) is 96.6 Å². The SMILES string of the molecule is Cc1cc(C2=N[C@@H](C)CO2)c2c(c1)C(C)(C)C[C@]21CC(C)(C)c2cc(C)cc(P(c3ccccc3)c3ccccc3)c21. The van der Waals surface area contributed by atoms with Crippen LogP contribution in [-0.2, 0) is 21.0 Å². The van der Waals surface area contributed by atoms with Crippen LogP contribution < -0.4 is 15.9 Å². The summed E-state index contributed by atoms with van der Waals surface area (Å²) in [6.07, 6.45) is 2.18. The summed E-state index contributed by atoms with van der Waals surface area (Å²) in [5, 5.41) is 4.33. The molecule has 2 aliphatic carbocycles. The van der Waals surface area contributed by atoms with Crippen LogP contribution in [0.25, 0.3) is 0 Å². The van der Waals surface area contributed by atoms with Gasteiger partial charge in [-0.2, -0.15) is 0 Å². The molecule has 0 radical (unpaired) electrons. The van der Waals surface area contributed by atoms with Crippen molar-refractivity contribution in [2.75, 3.05) is 6.61 Å². The number of fused-ring (bicyclic) bond motifs is 4.